The van der Waals surface area contributed by atoms with Gasteiger partial charge >= 0.3 is 0 Å². The summed E-state index contributed by atoms with van der Waals surface area (Å²) in [6.07, 6.45) is 5.88. The van der Waals surface area contributed by atoms with Crippen LogP contribution >= 0.6 is 0 Å². The molecule has 0 aliphatic carbocycles. The van der Waals surface area contributed by atoms with Crippen molar-refractivity contribution < 1.29 is 0 Å². The molecule has 0 bridgehead atoms. The molecule has 0 fully saturated rings. The van der Waals surface area contributed by atoms with E-state index >= 15 is 0 Å². The Hall–Kier alpha value is -3.15. The number of aryl methyl sites for hydroxylation is 1. The number of nitrogens with one attached hydrogen (secondary N) is 3. The highest BCUT2D eigenvalue weighted by atomic mass is 15.1. The van der Waals surface area contributed by atoms with E-state index in [0.29, 0.717) is 0 Å². The second-order valence-corrected chi connectivity index (χ2v) is 6.92. The van der Waals surface area contributed by atoms with Crippen LogP contribution in [0.5, 0.6) is 0 Å². The number of anilines is 3. The van der Waals surface area contributed by atoms with Crippen molar-refractivity contribution in [1.82, 2.24) is 15.0 Å². The molecule has 1 aliphatic rings. The molecule has 0 radical (unpaired) electrons. The van der Waals surface area contributed by atoms with E-state index < -0.39 is 0 Å². The minimum Gasteiger partial charge on any atom is -0.370 e. The fourth-order valence-corrected chi connectivity index (χ4v) is 3.32. The Morgan fingerprint density at radius 3 is 2.43 bits per heavy atom. The van der Waals surface area contributed by atoms with Gasteiger partial charge < -0.3 is 16.0 Å². The van der Waals surface area contributed by atoms with Crippen molar-refractivity contribution in [1.29, 1.82) is 0 Å². The van der Waals surface area contributed by atoms with Gasteiger partial charge in [0.15, 0.2) is 0 Å². The van der Waals surface area contributed by atoms with Crippen LogP contribution in [0.15, 0.2) is 54.7 Å². The van der Waals surface area contributed by atoms with Crippen LogP contribution < -0.4 is 16.0 Å². The summed E-state index contributed by atoms with van der Waals surface area (Å²) >= 11 is 0. The summed E-state index contributed by atoms with van der Waals surface area (Å²) in [5, 5.41) is 10.2. The second kappa shape index (κ2) is 9.17. The van der Waals surface area contributed by atoms with E-state index in [1.165, 1.54) is 12.0 Å². The summed E-state index contributed by atoms with van der Waals surface area (Å²) in [6, 6.07) is 16.3. The monoisotopic (exact) mass is 374 g/mol. The Labute approximate surface area is 165 Å². The molecule has 0 amide bonds. The molecule has 4 heterocycles. The van der Waals surface area contributed by atoms with Gasteiger partial charge in [0.25, 0.3) is 0 Å². The number of pyridine rings is 3. The zero-order valence-electron chi connectivity index (χ0n) is 16.0. The fourth-order valence-electron chi connectivity index (χ4n) is 3.32. The molecule has 0 unspecified atom stereocenters. The van der Waals surface area contributed by atoms with Gasteiger partial charge in [-0.3, -0.25) is 4.98 Å². The van der Waals surface area contributed by atoms with Gasteiger partial charge in [0.2, 0.25) is 0 Å². The Morgan fingerprint density at radius 1 is 0.821 bits per heavy atom. The summed E-state index contributed by atoms with van der Waals surface area (Å²) in [5.41, 5.74) is 3.51. The maximum atomic E-state index is 4.74. The molecule has 144 valence electrons. The van der Waals surface area contributed by atoms with E-state index in [1.54, 1.807) is 0 Å². The quantitative estimate of drug-likeness (QED) is 0.560. The van der Waals surface area contributed by atoms with Crippen molar-refractivity contribution in [3.8, 4) is 0 Å². The lowest BCUT2D eigenvalue weighted by Gasteiger charge is -2.17. The highest BCUT2D eigenvalue weighted by Crippen LogP contribution is 2.19. The van der Waals surface area contributed by atoms with Crippen molar-refractivity contribution in [2.24, 2.45) is 0 Å². The predicted molar refractivity (Wildman–Crippen MR) is 114 cm³/mol. The largest absolute Gasteiger partial charge is 0.370 e. The molecule has 6 heteroatoms. The van der Waals surface area contributed by atoms with E-state index in [1.807, 2.05) is 42.6 Å². The molecular formula is C22H26N6. The maximum absolute atomic E-state index is 4.74. The van der Waals surface area contributed by atoms with E-state index in [0.717, 1.165) is 67.7 Å². The summed E-state index contributed by atoms with van der Waals surface area (Å²) in [5.74, 6) is 2.80. The zero-order valence-corrected chi connectivity index (χ0v) is 16.0. The molecule has 0 saturated carbocycles. The highest BCUT2D eigenvalue weighted by molar-refractivity contribution is 5.47. The third kappa shape index (κ3) is 4.97. The molecule has 0 spiro atoms. The third-order valence-corrected chi connectivity index (χ3v) is 4.80. The number of nitrogens with zero attached hydrogens (tertiary/aromatic N) is 3. The first kappa shape index (κ1) is 18.2. The topological polar surface area (TPSA) is 74.8 Å². The number of fused-ring (bicyclic) bond motifs is 1. The number of aromatic nitrogens is 3. The van der Waals surface area contributed by atoms with Crippen molar-refractivity contribution in [2.75, 3.05) is 35.6 Å². The SMILES string of the molecule is c1ccc(CCNc2cccc(NCCc3ccc4c(n3)NCCC4)n2)nc1. The molecule has 6 nitrogen and oxygen atoms in total. The molecule has 28 heavy (non-hydrogen) atoms. The van der Waals surface area contributed by atoms with Gasteiger partial charge in [0.05, 0.1) is 0 Å². The summed E-state index contributed by atoms with van der Waals surface area (Å²) in [7, 11) is 0. The Bertz CT molecular complexity index is 897. The van der Waals surface area contributed by atoms with Gasteiger partial charge in [-0.1, -0.05) is 18.2 Å². The summed E-state index contributed by atoms with van der Waals surface area (Å²) in [4.78, 5) is 13.7. The molecule has 0 saturated heterocycles. The van der Waals surface area contributed by atoms with E-state index in [9.17, 15) is 0 Å². The van der Waals surface area contributed by atoms with Crippen molar-refractivity contribution >= 4 is 17.5 Å². The lowest BCUT2D eigenvalue weighted by atomic mass is 10.1. The number of hydrogen-bond acceptors (Lipinski definition) is 6. The van der Waals surface area contributed by atoms with Crippen LogP contribution in [0, 0.1) is 0 Å². The zero-order chi connectivity index (χ0) is 19.0. The Balaban J connectivity index is 1.25. The lowest BCUT2D eigenvalue weighted by molar-refractivity contribution is 0.809. The van der Waals surface area contributed by atoms with Crippen LogP contribution in [0.25, 0.3) is 0 Å². The molecule has 0 aromatic carbocycles. The normalized spacial score (nSPS) is 12.7. The van der Waals surface area contributed by atoms with Gasteiger partial charge in [-0.05, 0) is 48.7 Å². The number of hydrogen-bond donors (Lipinski definition) is 3. The van der Waals surface area contributed by atoms with E-state index in [2.05, 4.69) is 38.1 Å². The van der Waals surface area contributed by atoms with E-state index in [-0.39, 0.29) is 0 Å². The minimum atomic E-state index is 0.802. The van der Waals surface area contributed by atoms with Gasteiger partial charge in [-0.15, -0.1) is 0 Å². The van der Waals surface area contributed by atoms with Crippen molar-refractivity contribution in [3.63, 3.8) is 0 Å². The Kier molecular flexibility index (Phi) is 5.97. The first-order valence-corrected chi connectivity index (χ1v) is 9.94. The molecule has 3 N–H and O–H groups in total. The predicted octanol–water partition coefficient (Wildman–Crippen LogP) is 3.54. The average molecular weight is 374 g/mol. The lowest BCUT2D eigenvalue weighted by Crippen LogP contribution is -2.15. The molecule has 4 rings (SSSR count). The summed E-state index contributed by atoms with van der Waals surface area (Å²) < 4.78 is 0. The standard InChI is InChI=1S/C22H26N6/c1-2-13-23-18(6-1)11-15-24-20-7-3-8-21(28-20)25-16-12-19-10-9-17-5-4-14-26-22(17)27-19/h1-3,6-10,13H,4-5,11-12,14-16H2,(H,26,27)(H2,24,25,28). The van der Waals surface area contributed by atoms with Gasteiger partial charge in [-0.2, -0.15) is 0 Å². The fraction of sp³-hybridized carbons (Fsp3) is 0.318. The van der Waals surface area contributed by atoms with Crippen LogP contribution in [0.2, 0.25) is 0 Å². The highest BCUT2D eigenvalue weighted by Gasteiger charge is 2.10. The van der Waals surface area contributed by atoms with Gasteiger partial charge in [0, 0.05) is 50.1 Å². The Morgan fingerprint density at radius 2 is 1.64 bits per heavy atom. The maximum Gasteiger partial charge on any atom is 0.129 e. The van der Waals surface area contributed by atoms with Crippen molar-refractivity contribution in [2.45, 2.75) is 25.7 Å². The molecule has 1 aliphatic heterocycles. The molecule has 3 aromatic rings. The van der Waals surface area contributed by atoms with Gasteiger partial charge in [0.1, 0.15) is 17.5 Å². The van der Waals surface area contributed by atoms with Crippen LogP contribution in [0.4, 0.5) is 17.5 Å². The smallest absolute Gasteiger partial charge is 0.129 e. The van der Waals surface area contributed by atoms with E-state index in [4.69, 9.17) is 4.98 Å². The van der Waals surface area contributed by atoms with Crippen LogP contribution in [-0.4, -0.2) is 34.6 Å². The van der Waals surface area contributed by atoms with Gasteiger partial charge in [-0.25, -0.2) is 9.97 Å². The number of rotatable bonds is 8. The molecule has 0 atom stereocenters. The van der Waals surface area contributed by atoms with Crippen LogP contribution in [-0.2, 0) is 19.3 Å². The first-order chi connectivity index (χ1) is 13.9. The molecular weight excluding hydrogens is 348 g/mol. The molecule has 3 aromatic heterocycles. The van der Waals surface area contributed by atoms with Crippen LogP contribution in [0.3, 0.4) is 0 Å². The minimum absolute atomic E-state index is 0.802. The summed E-state index contributed by atoms with van der Waals surface area (Å²) in [6.45, 7) is 2.63. The first-order valence-electron chi connectivity index (χ1n) is 9.94. The second-order valence-electron chi connectivity index (χ2n) is 6.92. The average Bonchev–Trinajstić information content (AvgIpc) is 2.75. The third-order valence-electron chi connectivity index (χ3n) is 4.80. The van der Waals surface area contributed by atoms with Crippen molar-refractivity contribution in [3.05, 3.63) is 71.7 Å². The van der Waals surface area contributed by atoms with Crippen LogP contribution in [0.1, 0.15) is 23.4 Å².